The molecule has 0 unspecified atom stereocenters. The van der Waals surface area contributed by atoms with Crippen LogP contribution in [0, 0.1) is 5.92 Å². The molecular weight excluding hydrogens is 847 g/mol. The van der Waals surface area contributed by atoms with Gasteiger partial charge in [0.2, 0.25) is 17.7 Å². The molecule has 0 bridgehead atoms. The molecule has 1 aromatic heterocycles. The molecule has 0 radical (unpaired) electrons. The number of imidazole rings is 1. The van der Waals surface area contributed by atoms with Gasteiger partial charge in [0.15, 0.2) is 11.6 Å². The lowest BCUT2D eigenvalue weighted by atomic mass is 9.78. The SMILES string of the molecule is C[C@H](NC(=O)[C@@H](N)CC(=O)O)C(=O)N[C@@H](Cc1cnc[nH]1)C(=O)C[C@@H](CCCCCC(=O)CCCCCC(=O)CNc1ccc(C(=O)N[C@H](C)C(=O)N2CCC[C@H]2B(O)O)cc1)C(=O)O. The predicted molar refractivity (Wildman–Crippen MR) is 236 cm³/mol. The van der Waals surface area contributed by atoms with Gasteiger partial charge in [0.05, 0.1) is 43.2 Å². The molecule has 1 saturated heterocycles. The van der Waals surface area contributed by atoms with Crippen molar-refractivity contribution in [3.8, 4) is 0 Å². The highest BCUT2D eigenvalue weighted by atomic mass is 16.4. The number of ketones is 3. The fourth-order valence-corrected chi connectivity index (χ4v) is 7.35. The first kappa shape index (κ1) is 53.3. The second kappa shape index (κ2) is 27.4. The van der Waals surface area contributed by atoms with Gasteiger partial charge in [-0.25, -0.2) is 4.98 Å². The van der Waals surface area contributed by atoms with Gasteiger partial charge in [0.1, 0.15) is 17.9 Å². The molecule has 356 valence electrons. The summed E-state index contributed by atoms with van der Waals surface area (Å²) in [5.41, 5.74) is 7.00. The Morgan fingerprint density at radius 3 is 2.08 bits per heavy atom. The van der Waals surface area contributed by atoms with Crippen LogP contribution in [0.4, 0.5) is 5.69 Å². The molecule has 22 heteroatoms. The number of carbonyl (C=O) groups excluding carboxylic acids is 7. The summed E-state index contributed by atoms with van der Waals surface area (Å²) in [6, 6.07) is 1.82. The Morgan fingerprint density at radius 2 is 1.48 bits per heavy atom. The first-order chi connectivity index (χ1) is 30.9. The highest BCUT2D eigenvalue weighted by Crippen LogP contribution is 2.20. The van der Waals surface area contributed by atoms with Crippen molar-refractivity contribution in [2.24, 2.45) is 11.7 Å². The minimum absolute atomic E-state index is 0.0185. The Bertz CT molecular complexity index is 1930. The second-order valence-corrected chi connectivity index (χ2v) is 16.5. The molecule has 0 saturated carbocycles. The number of unbranched alkanes of at least 4 members (excludes halogenated alkanes) is 4. The van der Waals surface area contributed by atoms with E-state index in [2.05, 4.69) is 31.2 Å². The monoisotopic (exact) mass is 910 g/mol. The summed E-state index contributed by atoms with van der Waals surface area (Å²) in [6.07, 6.45) is 7.53. The highest BCUT2D eigenvalue weighted by Gasteiger charge is 2.38. The van der Waals surface area contributed by atoms with E-state index in [0.29, 0.717) is 94.1 Å². The van der Waals surface area contributed by atoms with Gasteiger partial charge in [-0.15, -0.1) is 0 Å². The van der Waals surface area contributed by atoms with Crippen LogP contribution in [0.25, 0.3) is 0 Å². The smallest absolute Gasteiger partial charge is 0.475 e. The molecule has 0 aliphatic carbocycles. The number of likely N-dealkylation sites (tertiary alicyclic amines) is 1. The molecular formula is C43H63BN8O13. The number of amides is 4. The quantitative estimate of drug-likeness (QED) is 0.0367. The molecule has 0 spiro atoms. The van der Waals surface area contributed by atoms with Gasteiger partial charge in [-0.1, -0.05) is 19.3 Å². The van der Waals surface area contributed by atoms with Gasteiger partial charge < -0.3 is 57.1 Å². The van der Waals surface area contributed by atoms with Crippen molar-refractivity contribution in [1.29, 1.82) is 0 Å². The zero-order chi connectivity index (χ0) is 48.1. The Hall–Kier alpha value is -6.00. The van der Waals surface area contributed by atoms with Gasteiger partial charge >= 0.3 is 19.1 Å². The number of carbonyl (C=O) groups is 9. The van der Waals surface area contributed by atoms with Crippen LogP contribution in [-0.4, -0.2) is 138 Å². The lowest BCUT2D eigenvalue weighted by Crippen LogP contribution is -2.54. The van der Waals surface area contributed by atoms with E-state index in [-0.39, 0.29) is 37.4 Å². The number of carboxylic acids is 2. The Labute approximate surface area is 377 Å². The minimum atomic E-state index is -1.65. The molecule has 11 N–H and O–H groups in total. The standard InChI is InChI=1S/C43H63BN8O13/c1-26(49-41(60)34(45)22-38(56)57)39(58)51-35(21-31-23-46-25-48-31)36(55)20-29(43(62)63)10-5-3-6-11-32(53)12-7-4-8-13-33(54)24-47-30-17-15-28(16-18-30)40(59)50-27(2)42(61)52-19-9-14-37(52)44(64)65/h15-18,23,25-27,29,34-35,37,47,64-65H,3-14,19-22,24,45H2,1-2H3,(H,46,48)(H,49,60)(H,50,59)(H,51,58)(H,56,57)(H,62,63)/t26-,27+,29+,34-,35-,37-/m0/s1. The first-order valence-corrected chi connectivity index (χ1v) is 22.0. The third-order valence-corrected chi connectivity index (χ3v) is 11.2. The number of anilines is 1. The number of nitrogens with zero attached hydrogens (tertiary/aromatic N) is 2. The average molecular weight is 911 g/mol. The van der Waals surface area contributed by atoms with Crippen molar-refractivity contribution in [1.82, 2.24) is 30.8 Å². The molecule has 1 fully saturated rings. The third-order valence-electron chi connectivity index (χ3n) is 11.2. The van der Waals surface area contributed by atoms with Gasteiger partial charge in [0, 0.05) is 61.8 Å². The largest absolute Gasteiger partial charge is 0.481 e. The van der Waals surface area contributed by atoms with Crippen LogP contribution >= 0.6 is 0 Å². The van der Waals surface area contributed by atoms with Crippen molar-refractivity contribution >= 4 is 65.7 Å². The van der Waals surface area contributed by atoms with Crippen LogP contribution in [-0.2, 0) is 44.8 Å². The van der Waals surface area contributed by atoms with Gasteiger partial charge in [0.25, 0.3) is 5.91 Å². The van der Waals surface area contributed by atoms with Crippen LogP contribution in [0.5, 0.6) is 0 Å². The fourth-order valence-electron chi connectivity index (χ4n) is 7.35. The average Bonchev–Trinajstić information content (AvgIpc) is 3.97. The van der Waals surface area contributed by atoms with E-state index in [1.165, 1.54) is 24.3 Å². The number of carboxylic acid groups (broad SMARTS) is 2. The number of H-pyrrole nitrogens is 1. The molecule has 2 heterocycles. The number of rotatable bonds is 31. The predicted octanol–water partition coefficient (Wildman–Crippen LogP) is 0.676. The Morgan fingerprint density at radius 1 is 0.831 bits per heavy atom. The number of nitrogens with two attached hydrogens (primary N) is 1. The summed E-state index contributed by atoms with van der Waals surface area (Å²) in [5.74, 6) is -7.22. The van der Waals surface area contributed by atoms with Crippen LogP contribution in [0.1, 0.15) is 120 Å². The summed E-state index contributed by atoms with van der Waals surface area (Å²) in [5, 5.41) is 48.4. The molecule has 2 aromatic rings. The van der Waals surface area contributed by atoms with E-state index in [4.69, 9.17) is 10.8 Å². The molecule has 1 aliphatic heterocycles. The molecule has 21 nitrogen and oxygen atoms in total. The normalized spacial score (nSPS) is 15.7. The number of Topliss-reactive ketones (excluding diaryl/α,β-unsaturated/α-hetero) is 3. The highest BCUT2D eigenvalue weighted by molar-refractivity contribution is 6.43. The van der Waals surface area contributed by atoms with E-state index >= 15 is 0 Å². The van der Waals surface area contributed by atoms with Crippen LogP contribution < -0.4 is 27.0 Å². The van der Waals surface area contributed by atoms with Gasteiger partial charge in [-0.05, 0) is 76.6 Å². The van der Waals surface area contributed by atoms with Crippen LogP contribution in [0.15, 0.2) is 36.8 Å². The second-order valence-electron chi connectivity index (χ2n) is 16.5. The van der Waals surface area contributed by atoms with E-state index in [1.54, 1.807) is 31.2 Å². The van der Waals surface area contributed by atoms with Gasteiger partial charge in [-0.3, -0.25) is 43.2 Å². The molecule has 3 rings (SSSR count). The summed E-state index contributed by atoms with van der Waals surface area (Å²) in [7, 11) is -1.65. The van der Waals surface area contributed by atoms with Crippen molar-refractivity contribution in [3.63, 3.8) is 0 Å². The zero-order valence-corrected chi connectivity index (χ0v) is 37.0. The van der Waals surface area contributed by atoms with Crippen molar-refractivity contribution in [2.45, 2.75) is 140 Å². The number of aromatic nitrogens is 2. The van der Waals surface area contributed by atoms with E-state index in [0.717, 1.165) is 0 Å². The van der Waals surface area contributed by atoms with Crippen LogP contribution in [0.3, 0.4) is 0 Å². The number of aliphatic carboxylic acids is 2. The van der Waals surface area contributed by atoms with Crippen LogP contribution in [0.2, 0.25) is 0 Å². The number of nitrogens with one attached hydrogen (secondary N) is 5. The molecule has 6 atom stereocenters. The molecule has 4 amide bonds. The lowest BCUT2D eigenvalue weighted by molar-refractivity contribution is -0.144. The summed E-state index contributed by atoms with van der Waals surface area (Å²) in [6.45, 7) is 3.34. The first-order valence-electron chi connectivity index (χ1n) is 22.0. The van der Waals surface area contributed by atoms with E-state index in [1.807, 2.05) is 0 Å². The van der Waals surface area contributed by atoms with Gasteiger partial charge in [-0.2, -0.15) is 0 Å². The summed E-state index contributed by atoms with van der Waals surface area (Å²) in [4.78, 5) is 120. The lowest BCUT2D eigenvalue weighted by Gasteiger charge is -2.27. The molecule has 65 heavy (non-hydrogen) atoms. The van der Waals surface area contributed by atoms with Crippen molar-refractivity contribution in [2.75, 3.05) is 18.4 Å². The third kappa shape index (κ3) is 18.9. The zero-order valence-electron chi connectivity index (χ0n) is 37.0. The van der Waals surface area contributed by atoms with E-state index in [9.17, 15) is 58.3 Å². The maximum atomic E-state index is 13.4. The number of aromatic amines is 1. The van der Waals surface area contributed by atoms with Crippen molar-refractivity contribution < 1.29 is 63.4 Å². The molecule has 1 aromatic carbocycles. The van der Waals surface area contributed by atoms with E-state index < -0.39 is 90.9 Å². The summed E-state index contributed by atoms with van der Waals surface area (Å²) >= 11 is 0. The number of hydrogen-bond donors (Lipinski definition) is 10. The fraction of sp³-hybridized carbons (Fsp3) is 0.581. The van der Waals surface area contributed by atoms with Crippen molar-refractivity contribution in [3.05, 3.63) is 48.0 Å². The number of hydrogen-bond acceptors (Lipinski definition) is 14. The topological polar surface area (TPSA) is 341 Å². The maximum Gasteiger partial charge on any atom is 0.475 e. The number of benzene rings is 1. The summed E-state index contributed by atoms with van der Waals surface area (Å²) < 4.78 is 0. The maximum absolute atomic E-state index is 13.4. The Kier molecular flexibility index (Phi) is 22.5. The molecule has 1 aliphatic rings. The minimum Gasteiger partial charge on any atom is -0.481 e. The Balaban J connectivity index is 1.30.